The van der Waals surface area contributed by atoms with Gasteiger partial charge in [-0.2, -0.15) is 0 Å². The SMILES string of the molecule is CCC(CC)N(Cc1ccoc1CNC)CC(C)C. The zero-order chi connectivity index (χ0) is 14.3. The predicted molar refractivity (Wildman–Crippen MR) is 81.1 cm³/mol. The van der Waals surface area contributed by atoms with Crippen LogP contribution in [0, 0.1) is 5.92 Å². The molecule has 3 nitrogen and oxygen atoms in total. The molecule has 0 aromatic carbocycles. The summed E-state index contributed by atoms with van der Waals surface area (Å²) in [4.78, 5) is 2.61. The van der Waals surface area contributed by atoms with Crippen LogP contribution in [0.4, 0.5) is 0 Å². The van der Waals surface area contributed by atoms with Gasteiger partial charge in [0.2, 0.25) is 0 Å². The summed E-state index contributed by atoms with van der Waals surface area (Å²) in [6.45, 7) is 12.1. The fraction of sp³-hybridized carbons (Fsp3) is 0.750. The zero-order valence-corrected chi connectivity index (χ0v) is 13.2. The Balaban J connectivity index is 2.77. The van der Waals surface area contributed by atoms with Crippen molar-refractivity contribution in [3.05, 3.63) is 23.7 Å². The molecule has 0 saturated heterocycles. The van der Waals surface area contributed by atoms with Gasteiger partial charge in [-0.1, -0.05) is 27.7 Å². The van der Waals surface area contributed by atoms with E-state index in [1.165, 1.54) is 18.4 Å². The lowest BCUT2D eigenvalue weighted by Crippen LogP contribution is -2.36. The third-order valence-corrected chi connectivity index (χ3v) is 3.61. The lowest BCUT2D eigenvalue weighted by atomic mass is 10.1. The number of nitrogens with zero attached hydrogens (tertiary/aromatic N) is 1. The smallest absolute Gasteiger partial charge is 0.122 e. The molecule has 1 rings (SSSR count). The second-order valence-corrected chi connectivity index (χ2v) is 5.69. The molecule has 110 valence electrons. The average molecular weight is 266 g/mol. The molecular formula is C16H30N2O. The maximum absolute atomic E-state index is 5.57. The Morgan fingerprint density at radius 1 is 1.26 bits per heavy atom. The molecule has 1 aromatic rings. The predicted octanol–water partition coefficient (Wildman–Crippen LogP) is 3.65. The van der Waals surface area contributed by atoms with Crippen molar-refractivity contribution < 1.29 is 4.42 Å². The first-order chi connectivity index (χ1) is 9.12. The number of rotatable bonds is 9. The monoisotopic (exact) mass is 266 g/mol. The molecule has 0 saturated carbocycles. The van der Waals surface area contributed by atoms with E-state index < -0.39 is 0 Å². The first kappa shape index (κ1) is 16.3. The van der Waals surface area contributed by atoms with Crippen molar-refractivity contribution in [1.29, 1.82) is 0 Å². The van der Waals surface area contributed by atoms with E-state index >= 15 is 0 Å². The quantitative estimate of drug-likeness (QED) is 0.739. The maximum atomic E-state index is 5.57. The molecule has 0 spiro atoms. The number of hydrogen-bond acceptors (Lipinski definition) is 3. The third-order valence-electron chi connectivity index (χ3n) is 3.61. The Morgan fingerprint density at radius 2 is 1.95 bits per heavy atom. The minimum Gasteiger partial charge on any atom is -0.468 e. The fourth-order valence-corrected chi connectivity index (χ4v) is 2.66. The van der Waals surface area contributed by atoms with Crippen LogP contribution in [0.25, 0.3) is 0 Å². The van der Waals surface area contributed by atoms with Crippen LogP contribution in [0.3, 0.4) is 0 Å². The Kier molecular flexibility index (Phi) is 7.17. The molecule has 0 aliphatic rings. The highest BCUT2D eigenvalue weighted by molar-refractivity contribution is 5.17. The normalized spacial score (nSPS) is 12.0. The molecule has 0 aliphatic heterocycles. The molecule has 1 aromatic heterocycles. The van der Waals surface area contributed by atoms with Gasteiger partial charge in [-0.3, -0.25) is 4.90 Å². The van der Waals surface area contributed by atoms with Gasteiger partial charge >= 0.3 is 0 Å². The van der Waals surface area contributed by atoms with E-state index in [0.717, 1.165) is 25.4 Å². The van der Waals surface area contributed by atoms with E-state index in [9.17, 15) is 0 Å². The van der Waals surface area contributed by atoms with Crippen LogP contribution in [0.2, 0.25) is 0 Å². The summed E-state index contributed by atoms with van der Waals surface area (Å²) in [7, 11) is 1.96. The highest BCUT2D eigenvalue weighted by Gasteiger charge is 2.18. The van der Waals surface area contributed by atoms with Crippen molar-refractivity contribution in [3.63, 3.8) is 0 Å². The number of furan rings is 1. The molecule has 0 fully saturated rings. The van der Waals surface area contributed by atoms with E-state index in [1.807, 2.05) is 13.3 Å². The van der Waals surface area contributed by atoms with Gasteiger partial charge in [0, 0.05) is 24.7 Å². The fourth-order valence-electron chi connectivity index (χ4n) is 2.66. The second-order valence-electron chi connectivity index (χ2n) is 5.69. The van der Waals surface area contributed by atoms with Crippen LogP contribution in [0.1, 0.15) is 51.9 Å². The number of nitrogens with one attached hydrogen (secondary N) is 1. The minimum absolute atomic E-state index is 0.666. The largest absolute Gasteiger partial charge is 0.468 e. The van der Waals surface area contributed by atoms with Gasteiger partial charge in [0.15, 0.2) is 0 Å². The molecule has 19 heavy (non-hydrogen) atoms. The summed E-state index contributed by atoms with van der Waals surface area (Å²) in [5.41, 5.74) is 1.32. The highest BCUT2D eigenvalue weighted by Crippen LogP contribution is 2.19. The van der Waals surface area contributed by atoms with Crippen LogP contribution < -0.4 is 5.32 Å². The van der Waals surface area contributed by atoms with E-state index in [-0.39, 0.29) is 0 Å². The maximum Gasteiger partial charge on any atom is 0.122 e. The molecule has 1 N–H and O–H groups in total. The van der Waals surface area contributed by atoms with Gasteiger partial charge < -0.3 is 9.73 Å². The van der Waals surface area contributed by atoms with Crippen molar-refractivity contribution in [2.75, 3.05) is 13.6 Å². The lowest BCUT2D eigenvalue weighted by molar-refractivity contribution is 0.156. The van der Waals surface area contributed by atoms with Crippen molar-refractivity contribution in [2.24, 2.45) is 5.92 Å². The summed E-state index contributed by atoms with van der Waals surface area (Å²) in [6.07, 6.45) is 4.23. The molecule has 0 bridgehead atoms. The van der Waals surface area contributed by atoms with Gasteiger partial charge in [-0.25, -0.2) is 0 Å². The Hall–Kier alpha value is -0.800. The van der Waals surface area contributed by atoms with E-state index in [0.29, 0.717) is 12.0 Å². The van der Waals surface area contributed by atoms with Crippen LogP contribution in [-0.2, 0) is 13.1 Å². The van der Waals surface area contributed by atoms with Crippen LogP contribution in [0.15, 0.2) is 16.7 Å². The molecule has 0 amide bonds. The van der Waals surface area contributed by atoms with Gasteiger partial charge in [-0.05, 0) is 31.9 Å². The zero-order valence-electron chi connectivity index (χ0n) is 13.2. The third kappa shape index (κ3) is 5.00. The van der Waals surface area contributed by atoms with Crippen LogP contribution in [-0.4, -0.2) is 24.5 Å². The van der Waals surface area contributed by atoms with Crippen molar-refractivity contribution in [1.82, 2.24) is 10.2 Å². The minimum atomic E-state index is 0.666. The summed E-state index contributed by atoms with van der Waals surface area (Å²) >= 11 is 0. The first-order valence-electron chi connectivity index (χ1n) is 7.56. The van der Waals surface area contributed by atoms with Gasteiger partial charge in [0.25, 0.3) is 0 Å². The van der Waals surface area contributed by atoms with Gasteiger partial charge in [0.1, 0.15) is 5.76 Å². The first-order valence-corrected chi connectivity index (χ1v) is 7.56. The summed E-state index contributed by atoms with van der Waals surface area (Å²) in [6, 6.07) is 2.78. The molecule has 1 heterocycles. The summed E-state index contributed by atoms with van der Waals surface area (Å²) < 4.78 is 5.57. The van der Waals surface area contributed by atoms with Crippen molar-refractivity contribution in [3.8, 4) is 0 Å². The van der Waals surface area contributed by atoms with Crippen LogP contribution in [0.5, 0.6) is 0 Å². The average Bonchev–Trinajstić information content (AvgIpc) is 2.78. The van der Waals surface area contributed by atoms with E-state index in [2.05, 4.69) is 44.0 Å². The molecule has 0 atom stereocenters. The van der Waals surface area contributed by atoms with E-state index in [4.69, 9.17) is 4.42 Å². The molecule has 3 heteroatoms. The number of hydrogen-bond donors (Lipinski definition) is 1. The molecular weight excluding hydrogens is 236 g/mol. The van der Waals surface area contributed by atoms with Crippen molar-refractivity contribution in [2.45, 2.75) is 59.7 Å². The van der Waals surface area contributed by atoms with Gasteiger partial charge in [0.05, 0.1) is 12.8 Å². The van der Waals surface area contributed by atoms with Gasteiger partial charge in [-0.15, -0.1) is 0 Å². The molecule has 0 radical (unpaired) electrons. The Morgan fingerprint density at radius 3 is 2.47 bits per heavy atom. The van der Waals surface area contributed by atoms with Crippen molar-refractivity contribution >= 4 is 0 Å². The highest BCUT2D eigenvalue weighted by atomic mass is 16.3. The topological polar surface area (TPSA) is 28.4 Å². The second kappa shape index (κ2) is 8.39. The standard InChI is InChI=1S/C16H30N2O/c1-6-15(7-2)18(11-13(3)4)12-14-8-9-19-16(14)10-17-5/h8-9,13,15,17H,6-7,10-12H2,1-5H3. The Bertz CT molecular complexity index is 342. The Labute approximate surface area is 118 Å². The molecule has 0 aliphatic carbocycles. The van der Waals surface area contributed by atoms with Crippen LogP contribution >= 0.6 is 0 Å². The summed E-state index contributed by atoms with van der Waals surface area (Å²) in [5.74, 6) is 1.77. The molecule has 0 unspecified atom stereocenters. The summed E-state index contributed by atoms with van der Waals surface area (Å²) in [5, 5.41) is 3.17. The lowest BCUT2D eigenvalue weighted by Gasteiger charge is -2.31. The van der Waals surface area contributed by atoms with E-state index in [1.54, 1.807) is 0 Å².